The minimum absolute atomic E-state index is 0.894. The fraction of sp³-hybridized carbons (Fsp3) is 0. The predicted molar refractivity (Wildman–Crippen MR) is 239 cm³/mol. The number of rotatable bonds is 5. The number of benzene rings is 9. The van der Waals surface area contributed by atoms with Crippen LogP contribution < -0.4 is 0 Å². The van der Waals surface area contributed by atoms with Crippen LogP contribution in [0.15, 0.2) is 211 Å². The largest absolute Gasteiger partial charge is 0.456 e. The fourth-order valence-electron chi connectivity index (χ4n) is 9.23. The highest BCUT2D eigenvalue weighted by molar-refractivity contribution is 6.17. The summed E-state index contributed by atoms with van der Waals surface area (Å²) in [4.78, 5) is 0. The molecule has 3 heteroatoms. The standard InChI is InChI=1S/C54H34N2O/c1-3-15-35(16-4-1)39-19-7-10-24-46(39)56-49-32-30-38(34-45(49)42-23-13-22-40(54(42)56)36-17-5-2-6-18-36)37-29-31-48-44(33-37)41-20-8-11-25-47(41)55(48)50-26-14-28-52-53(50)43-21-9-12-27-51(43)57-52/h1-34H. The Labute approximate surface area is 328 Å². The van der Waals surface area contributed by atoms with Gasteiger partial charge in [-0.25, -0.2) is 0 Å². The van der Waals surface area contributed by atoms with Gasteiger partial charge in [0.25, 0.3) is 0 Å². The molecule has 0 aliphatic carbocycles. The van der Waals surface area contributed by atoms with Crippen molar-refractivity contribution in [3.8, 4) is 44.8 Å². The third-order valence-corrected chi connectivity index (χ3v) is 11.7. The molecule has 12 rings (SSSR count). The van der Waals surface area contributed by atoms with E-state index in [0.29, 0.717) is 0 Å². The van der Waals surface area contributed by atoms with E-state index in [9.17, 15) is 0 Å². The van der Waals surface area contributed by atoms with E-state index in [2.05, 4.69) is 209 Å². The number of nitrogens with zero attached hydrogens (tertiary/aromatic N) is 2. The van der Waals surface area contributed by atoms with Gasteiger partial charge in [-0.2, -0.15) is 0 Å². The number of hydrogen-bond acceptors (Lipinski definition) is 1. The van der Waals surface area contributed by atoms with Gasteiger partial charge in [0.1, 0.15) is 11.2 Å². The molecule has 0 bridgehead atoms. The molecule has 3 heterocycles. The lowest BCUT2D eigenvalue weighted by atomic mass is 9.99. The summed E-state index contributed by atoms with van der Waals surface area (Å²) in [5.41, 5.74) is 16.0. The molecule has 0 radical (unpaired) electrons. The fourth-order valence-corrected chi connectivity index (χ4v) is 9.23. The minimum Gasteiger partial charge on any atom is -0.456 e. The third kappa shape index (κ3) is 4.79. The summed E-state index contributed by atoms with van der Waals surface area (Å²) in [6.45, 7) is 0. The molecule has 0 amide bonds. The van der Waals surface area contributed by atoms with Crippen LogP contribution in [0.25, 0.3) is 110 Å². The molecule has 0 aliphatic rings. The molecule has 0 saturated carbocycles. The first-order chi connectivity index (χ1) is 28.3. The van der Waals surface area contributed by atoms with Crippen LogP contribution in [0, 0.1) is 0 Å². The molecule has 0 N–H and O–H groups in total. The predicted octanol–water partition coefficient (Wildman–Crippen LogP) is 14.8. The molecular formula is C54H34N2O. The first-order valence-corrected chi connectivity index (χ1v) is 19.5. The quantitative estimate of drug-likeness (QED) is 0.173. The Kier molecular flexibility index (Phi) is 6.93. The molecular weight excluding hydrogens is 693 g/mol. The lowest BCUT2D eigenvalue weighted by molar-refractivity contribution is 0.669. The van der Waals surface area contributed by atoms with E-state index in [0.717, 1.165) is 33.3 Å². The number of aromatic nitrogens is 2. The Balaban J connectivity index is 1.10. The molecule has 12 aromatic rings. The summed E-state index contributed by atoms with van der Waals surface area (Å²) in [5.74, 6) is 0. The van der Waals surface area contributed by atoms with Gasteiger partial charge in [-0.3, -0.25) is 0 Å². The second-order valence-electron chi connectivity index (χ2n) is 14.9. The van der Waals surface area contributed by atoms with Crippen molar-refractivity contribution in [1.82, 2.24) is 9.13 Å². The second-order valence-corrected chi connectivity index (χ2v) is 14.9. The van der Waals surface area contributed by atoms with E-state index in [1.165, 1.54) is 77.0 Å². The van der Waals surface area contributed by atoms with Crippen molar-refractivity contribution in [2.24, 2.45) is 0 Å². The molecule has 0 atom stereocenters. The van der Waals surface area contributed by atoms with Crippen LogP contribution in [0.5, 0.6) is 0 Å². The molecule has 0 fully saturated rings. The van der Waals surface area contributed by atoms with E-state index < -0.39 is 0 Å². The molecule has 266 valence electrons. The average molecular weight is 727 g/mol. The van der Waals surface area contributed by atoms with E-state index >= 15 is 0 Å². The van der Waals surface area contributed by atoms with Gasteiger partial charge in [-0.05, 0) is 76.9 Å². The van der Waals surface area contributed by atoms with Crippen LogP contribution in [-0.2, 0) is 0 Å². The Morgan fingerprint density at radius 1 is 0.298 bits per heavy atom. The Hall–Kier alpha value is -7.62. The van der Waals surface area contributed by atoms with Gasteiger partial charge in [0.15, 0.2) is 0 Å². The van der Waals surface area contributed by atoms with Crippen LogP contribution in [0.1, 0.15) is 0 Å². The zero-order valence-electron chi connectivity index (χ0n) is 30.9. The number of hydrogen-bond donors (Lipinski definition) is 0. The average Bonchev–Trinajstić information content (AvgIpc) is 3.94. The van der Waals surface area contributed by atoms with Crippen molar-refractivity contribution in [2.45, 2.75) is 0 Å². The maximum absolute atomic E-state index is 6.33. The van der Waals surface area contributed by atoms with Crippen molar-refractivity contribution < 1.29 is 4.42 Å². The summed E-state index contributed by atoms with van der Waals surface area (Å²) >= 11 is 0. The molecule has 0 saturated heterocycles. The summed E-state index contributed by atoms with van der Waals surface area (Å²) < 4.78 is 11.2. The second kappa shape index (κ2) is 12.5. The van der Waals surface area contributed by atoms with Crippen molar-refractivity contribution in [3.05, 3.63) is 206 Å². The summed E-state index contributed by atoms with van der Waals surface area (Å²) in [6.07, 6.45) is 0. The van der Waals surface area contributed by atoms with E-state index in [-0.39, 0.29) is 0 Å². The van der Waals surface area contributed by atoms with Crippen molar-refractivity contribution in [2.75, 3.05) is 0 Å². The summed E-state index contributed by atoms with van der Waals surface area (Å²) in [5, 5.41) is 7.16. The van der Waals surface area contributed by atoms with E-state index in [1.54, 1.807) is 0 Å². The monoisotopic (exact) mass is 726 g/mol. The van der Waals surface area contributed by atoms with E-state index in [1.807, 2.05) is 6.07 Å². The zero-order valence-corrected chi connectivity index (χ0v) is 30.9. The molecule has 0 unspecified atom stereocenters. The van der Waals surface area contributed by atoms with Gasteiger partial charge < -0.3 is 13.6 Å². The normalized spacial score (nSPS) is 11.9. The van der Waals surface area contributed by atoms with Gasteiger partial charge in [0.2, 0.25) is 0 Å². The molecule has 57 heavy (non-hydrogen) atoms. The maximum atomic E-state index is 6.33. The van der Waals surface area contributed by atoms with Gasteiger partial charge in [-0.15, -0.1) is 0 Å². The van der Waals surface area contributed by atoms with Crippen LogP contribution >= 0.6 is 0 Å². The minimum atomic E-state index is 0.894. The number of fused-ring (bicyclic) bond motifs is 9. The lowest BCUT2D eigenvalue weighted by Crippen LogP contribution is -1.98. The van der Waals surface area contributed by atoms with Crippen molar-refractivity contribution in [1.29, 1.82) is 0 Å². The zero-order chi connectivity index (χ0) is 37.5. The molecule has 0 spiro atoms. The number of furan rings is 1. The van der Waals surface area contributed by atoms with Crippen LogP contribution in [0.4, 0.5) is 0 Å². The van der Waals surface area contributed by atoms with Gasteiger partial charge >= 0.3 is 0 Å². The molecule has 3 nitrogen and oxygen atoms in total. The van der Waals surface area contributed by atoms with Crippen LogP contribution in [0.3, 0.4) is 0 Å². The van der Waals surface area contributed by atoms with E-state index in [4.69, 9.17) is 4.42 Å². The van der Waals surface area contributed by atoms with Gasteiger partial charge in [0.05, 0.1) is 38.8 Å². The topological polar surface area (TPSA) is 23.0 Å². The molecule has 9 aromatic carbocycles. The van der Waals surface area contributed by atoms with Gasteiger partial charge in [0, 0.05) is 38.1 Å². The Morgan fingerprint density at radius 2 is 0.825 bits per heavy atom. The van der Waals surface area contributed by atoms with Crippen LogP contribution in [0.2, 0.25) is 0 Å². The summed E-state index contributed by atoms with van der Waals surface area (Å²) in [6, 6.07) is 74.5. The molecule has 0 aliphatic heterocycles. The highest BCUT2D eigenvalue weighted by Gasteiger charge is 2.21. The van der Waals surface area contributed by atoms with Gasteiger partial charge in [-0.1, -0.05) is 152 Å². The summed E-state index contributed by atoms with van der Waals surface area (Å²) in [7, 11) is 0. The first-order valence-electron chi connectivity index (χ1n) is 19.5. The highest BCUT2D eigenvalue weighted by atomic mass is 16.3. The van der Waals surface area contributed by atoms with Crippen molar-refractivity contribution in [3.63, 3.8) is 0 Å². The third-order valence-electron chi connectivity index (χ3n) is 11.7. The molecule has 3 aromatic heterocycles. The Bertz CT molecular complexity index is 3510. The highest BCUT2D eigenvalue weighted by Crippen LogP contribution is 2.43. The number of para-hydroxylation sites is 4. The van der Waals surface area contributed by atoms with Crippen molar-refractivity contribution >= 4 is 65.6 Å². The SMILES string of the molecule is c1ccc(-c2ccccc2-n2c3ccc(-c4ccc5c(c4)c4ccccc4n5-c4cccc5oc6ccccc6c45)cc3c3cccc(-c4ccccc4)c32)cc1. The Morgan fingerprint density at radius 3 is 1.61 bits per heavy atom. The maximum Gasteiger partial charge on any atom is 0.137 e. The van der Waals surface area contributed by atoms with Crippen LogP contribution in [-0.4, -0.2) is 9.13 Å². The first kappa shape index (κ1) is 31.7. The lowest BCUT2D eigenvalue weighted by Gasteiger charge is -2.16. The smallest absolute Gasteiger partial charge is 0.137 e.